The molecule has 0 heterocycles. The summed E-state index contributed by atoms with van der Waals surface area (Å²) in [5.74, 6) is 0. The Labute approximate surface area is 166 Å². The number of carbonyl (C=O) groups excluding carboxylic acids is 1. The second kappa shape index (κ2) is 9.52. The van der Waals surface area contributed by atoms with Gasteiger partial charge in [0.15, 0.2) is 0 Å². The Morgan fingerprint density at radius 1 is 1.07 bits per heavy atom. The monoisotopic (exact) mass is 402 g/mol. The Kier molecular flexibility index (Phi) is 7.37. The van der Waals surface area contributed by atoms with Gasteiger partial charge in [0, 0.05) is 14.1 Å². The molecule has 0 unspecified atom stereocenters. The van der Waals surface area contributed by atoms with Crippen molar-refractivity contribution in [1.82, 2.24) is 9.62 Å². The minimum atomic E-state index is -3.72. The van der Waals surface area contributed by atoms with E-state index in [1.54, 1.807) is 51.4 Å². The van der Waals surface area contributed by atoms with Crippen LogP contribution in [-0.2, 0) is 14.8 Å². The van der Waals surface area contributed by atoms with Crippen molar-refractivity contribution >= 4 is 16.1 Å². The average Bonchev–Trinajstić information content (AvgIpc) is 2.68. The van der Waals surface area contributed by atoms with Crippen molar-refractivity contribution < 1.29 is 17.9 Å². The Morgan fingerprint density at radius 2 is 1.61 bits per heavy atom. The van der Waals surface area contributed by atoms with Crippen molar-refractivity contribution in [1.29, 1.82) is 0 Å². The Morgan fingerprint density at radius 3 is 2.14 bits per heavy atom. The van der Waals surface area contributed by atoms with Gasteiger partial charge in [0.1, 0.15) is 6.10 Å². The van der Waals surface area contributed by atoms with E-state index in [4.69, 9.17) is 4.74 Å². The molecule has 0 radical (unpaired) electrons. The summed E-state index contributed by atoms with van der Waals surface area (Å²) in [6, 6.07) is 16.9. The number of ether oxygens (including phenoxy) is 1. The van der Waals surface area contributed by atoms with Gasteiger partial charge in [-0.1, -0.05) is 55.1 Å². The summed E-state index contributed by atoms with van der Waals surface area (Å²) < 4.78 is 33.7. The van der Waals surface area contributed by atoms with E-state index in [1.165, 1.54) is 4.90 Å². The molecule has 7 heteroatoms. The molecular weight excluding hydrogens is 376 g/mol. The van der Waals surface area contributed by atoms with Gasteiger partial charge >= 0.3 is 6.09 Å². The highest BCUT2D eigenvalue weighted by Crippen LogP contribution is 2.25. The third-order valence-electron chi connectivity index (χ3n) is 4.24. The van der Waals surface area contributed by atoms with Gasteiger partial charge in [-0.25, -0.2) is 17.9 Å². The lowest BCUT2D eigenvalue weighted by atomic mass is 9.98. The van der Waals surface area contributed by atoms with Crippen molar-refractivity contribution in [2.75, 3.05) is 14.1 Å². The third-order valence-corrected chi connectivity index (χ3v) is 5.72. The zero-order chi connectivity index (χ0) is 20.7. The minimum absolute atomic E-state index is 0.189. The number of rotatable bonds is 8. The molecule has 0 aliphatic heterocycles. The van der Waals surface area contributed by atoms with Gasteiger partial charge in [-0.3, -0.25) is 0 Å². The Bertz CT molecular complexity index is 897. The van der Waals surface area contributed by atoms with Gasteiger partial charge in [0.2, 0.25) is 10.0 Å². The van der Waals surface area contributed by atoms with Crippen LogP contribution in [0.3, 0.4) is 0 Å². The topological polar surface area (TPSA) is 75.7 Å². The lowest BCUT2D eigenvalue weighted by molar-refractivity contribution is 0.0948. The largest absolute Gasteiger partial charge is 0.442 e. The van der Waals surface area contributed by atoms with Crippen LogP contribution >= 0.6 is 0 Å². The number of hydrogen-bond acceptors (Lipinski definition) is 4. The molecule has 6 nitrogen and oxygen atoms in total. The van der Waals surface area contributed by atoms with Crippen molar-refractivity contribution in [2.45, 2.75) is 30.4 Å². The normalized spacial score (nSPS) is 13.4. The fourth-order valence-electron chi connectivity index (χ4n) is 2.54. The van der Waals surface area contributed by atoms with E-state index in [9.17, 15) is 13.2 Å². The van der Waals surface area contributed by atoms with E-state index >= 15 is 0 Å². The summed E-state index contributed by atoms with van der Waals surface area (Å²) in [6.45, 7) is 5.72. The molecule has 1 amide bonds. The summed E-state index contributed by atoms with van der Waals surface area (Å²) in [5.41, 5.74) is 1.41. The molecular formula is C21H26N2O4S. The summed E-state index contributed by atoms with van der Waals surface area (Å²) in [4.78, 5) is 13.3. The minimum Gasteiger partial charge on any atom is -0.442 e. The first-order valence-electron chi connectivity index (χ1n) is 8.88. The van der Waals surface area contributed by atoms with E-state index in [1.807, 2.05) is 30.3 Å². The van der Waals surface area contributed by atoms with Crippen LogP contribution in [0.4, 0.5) is 4.79 Å². The van der Waals surface area contributed by atoms with Crippen molar-refractivity contribution in [3.63, 3.8) is 0 Å². The fraction of sp³-hybridized carbons (Fsp3) is 0.286. The molecule has 0 spiro atoms. The van der Waals surface area contributed by atoms with E-state index in [2.05, 4.69) is 11.3 Å². The zero-order valence-corrected chi connectivity index (χ0v) is 17.1. The van der Waals surface area contributed by atoms with Crippen molar-refractivity contribution in [2.24, 2.45) is 0 Å². The molecule has 0 aliphatic rings. The average molecular weight is 403 g/mol. The number of sulfonamides is 1. The fourth-order valence-corrected chi connectivity index (χ4v) is 3.78. The summed E-state index contributed by atoms with van der Waals surface area (Å²) in [5, 5.41) is 0. The smallest absolute Gasteiger partial charge is 0.409 e. The van der Waals surface area contributed by atoms with E-state index in [0.29, 0.717) is 5.57 Å². The van der Waals surface area contributed by atoms with Gasteiger partial charge in [0.25, 0.3) is 0 Å². The van der Waals surface area contributed by atoms with Gasteiger partial charge in [0.05, 0.1) is 10.9 Å². The number of nitrogens with zero attached hydrogens (tertiary/aromatic N) is 1. The van der Waals surface area contributed by atoms with Crippen LogP contribution in [-0.4, -0.2) is 39.6 Å². The molecule has 0 saturated heterocycles. The molecule has 2 aromatic carbocycles. The van der Waals surface area contributed by atoms with Gasteiger partial charge in [-0.05, 0) is 36.6 Å². The molecule has 2 atom stereocenters. The first-order valence-corrected chi connectivity index (χ1v) is 10.4. The first-order chi connectivity index (χ1) is 13.2. The van der Waals surface area contributed by atoms with Crippen LogP contribution in [0.25, 0.3) is 0 Å². The number of nitrogens with one attached hydrogen (secondary N) is 1. The van der Waals surface area contributed by atoms with Gasteiger partial charge in [-0.15, -0.1) is 0 Å². The van der Waals surface area contributed by atoms with Crippen LogP contribution in [0.5, 0.6) is 0 Å². The summed E-state index contributed by atoms with van der Waals surface area (Å²) in [6.07, 6.45) is -0.741. The van der Waals surface area contributed by atoms with E-state index in [0.717, 1.165) is 5.56 Å². The van der Waals surface area contributed by atoms with Crippen LogP contribution in [0.2, 0.25) is 0 Å². The predicted molar refractivity (Wildman–Crippen MR) is 109 cm³/mol. The Hall–Kier alpha value is -2.64. The lowest BCUT2D eigenvalue weighted by Gasteiger charge is -2.24. The van der Waals surface area contributed by atoms with Crippen molar-refractivity contribution in [3.8, 4) is 0 Å². The highest BCUT2D eigenvalue weighted by molar-refractivity contribution is 7.89. The number of carbonyl (C=O) groups is 1. The van der Waals surface area contributed by atoms with E-state index in [-0.39, 0.29) is 11.3 Å². The molecule has 28 heavy (non-hydrogen) atoms. The molecule has 0 fully saturated rings. The van der Waals surface area contributed by atoms with Crippen LogP contribution in [0.1, 0.15) is 24.9 Å². The number of amides is 1. The van der Waals surface area contributed by atoms with Crippen LogP contribution in [0.15, 0.2) is 77.7 Å². The van der Waals surface area contributed by atoms with Gasteiger partial charge in [-0.2, -0.15) is 0 Å². The molecule has 1 N–H and O–H groups in total. The van der Waals surface area contributed by atoms with Crippen molar-refractivity contribution in [3.05, 3.63) is 78.4 Å². The number of hydrogen-bond donors (Lipinski definition) is 1. The Balaban J connectivity index is 2.21. The van der Waals surface area contributed by atoms with Crippen LogP contribution in [0, 0.1) is 0 Å². The summed E-state index contributed by atoms with van der Waals surface area (Å²) >= 11 is 0. The van der Waals surface area contributed by atoms with Gasteiger partial charge < -0.3 is 9.64 Å². The zero-order valence-electron chi connectivity index (χ0n) is 16.3. The molecule has 2 rings (SSSR count). The predicted octanol–water partition coefficient (Wildman–Crippen LogP) is 3.74. The maximum atomic E-state index is 12.8. The highest BCUT2D eigenvalue weighted by Gasteiger charge is 2.24. The number of benzene rings is 2. The second-order valence-corrected chi connectivity index (χ2v) is 8.39. The molecule has 150 valence electrons. The highest BCUT2D eigenvalue weighted by atomic mass is 32.2. The first kappa shape index (κ1) is 21.7. The quantitative estimate of drug-likeness (QED) is 0.683. The maximum Gasteiger partial charge on any atom is 0.409 e. The molecule has 0 bridgehead atoms. The molecule has 2 aromatic rings. The standard InChI is InChI=1S/C21H26N2O4S/c1-16(17(2)27-21(24)23(3)4)15-20(18-11-7-5-8-12-18)22-28(25,26)19-13-9-6-10-14-19/h5-14,17,20,22H,1,15H2,2-4H3/t17-,20-/m1/s1. The SMILES string of the molecule is C=C(C[C@@H](NS(=O)(=O)c1ccccc1)c1ccccc1)[C@@H](C)OC(=O)N(C)C. The lowest BCUT2D eigenvalue weighted by Crippen LogP contribution is -2.31. The molecule has 0 saturated carbocycles. The van der Waals surface area contributed by atoms with Crippen LogP contribution < -0.4 is 4.72 Å². The molecule has 0 aliphatic carbocycles. The van der Waals surface area contributed by atoms with E-state index < -0.39 is 28.3 Å². The summed E-state index contributed by atoms with van der Waals surface area (Å²) in [7, 11) is -0.531. The second-order valence-electron chi connectivity index (χ2n) is 6.68. The molecule has 0 aromatic heterocycles. The maximum absolute atomic E-state index is 12.8. The third kappa shape index (κ3) is 5.94.